The summed E-state index contributed by atoms with van der Waals surface area (Å²) in [5.41, 5.74) is 6.61. The number of carbonyl (C=O) groups excluding carboxylic acids is 3. The largest absolute Gasteiger partial charge is 0.484 e. The number of methoxy groups -OCH3 is 1. The van der Waals surface area contributed by atoms with Crippen LogP contribution in [-0.4, -0.2) is 60.5 Å². The number of aliphatic imine (C=N–C) groups is 1. The van der Waals surface area contributed by atoms with Gasteiger partial charge in [0.15, 0.2) is 11.8 Å². The van der Waals surface area contributed by atoms with Crippen LogP contribution in [0.1, 0.15) is 24.9 Å². The van der Waals surface area contributed by atoms with Gasteiger partial charge in [-0.3, -0.25) is 14.5 Å². The number of hydrogen-bond acceptors (Lipinski definition) is 8. The number of hydrogen-bond donors (Lipinski definition) is 1. The number of thioether (sulfide) groups is 1. The van der Waals surface area contributed by atoms with Gasteiger partial charge in [-0.05, 0) is 24.6 Å². The maximum atomic E-state index is 12.9. The van der Waals surface area contributed by atoms with Gasteiger partial charge < -0.3 is 19.9 Å². The molecule has 1 fully saturated rings. The van der Waals surface area contributed by atoms with E-state index in [9.17, 15) is 14.4 Å². The van der Waals surface area contributed by atoms with E-state index in [0.717, 1.165) is 0 Å². The molecule has 0 aliphatic carbocycles. The summed E-state index contributed by atoms with van der Waals surface area (Å²) in [5.74, 6) is -0.146. The fourth-order valence-corrected chi connectivity index (χ4v) is 4.18. The highest BCUT2D eigenvalue weighted by Crippen LogP contribution is 2.40. The molecule has 9 nitrogen and oxygen atoms in total. The number of amidine groups is 1. The Morgan fingerprint density at radius 2 is 2.00 bits per heavy atom. The molecular formula is C20H23N3O6S. The highest BCUT2D eigenvalue weighted by molar-refractivity contribution is 8.14. The van der Waals surface area contributed by atoms with Gasteiger partial charge in [-0.1, -0.05) is 23.9 Å². The number of nitrogens with two attached hydrogens (primary N) is 1. The van der Waals surface area contributed by atoms with Crippen LogP contribution < -0.4 is 10.5 Å². The maximum absolute atomic E-state index is 12.9. The summed E-state index contributed by atoms with van der Waals surface area (Å²) in [5, 5.41) is 0.566. The normalized spacial score (nSPS) is 18.6. The molecule has 3 rings (SSSR count). The number of primary amides is 1. The Morgan fingerprint density at radius 1 is 1.27 bits per heavy atom. The lowest BCUT2D eigenvalue weighted by molar-refractivity contribution is -0.141. The third-order valence-corrected chi connectivity index (χ3v) is 5.48. The van der Waals surface area contributed by atoms with Gasteiger partial charge in [0.2, 0.25) is 5.91 Å². The van der Waals surface area contributed by atoms with E-state index < -0.39 is 17.9 Å². The van der Waals surface area contributed by atoms with Crippen molar-refractivity contribution in [1.82, 2.24) is 4.90 Å². The molecule has 1 aromatic rings. The molecule has 2 heterocycles. The van der Waals surface area contributed by atoms with Crippen LogP contribution >= 0.6 is 11.8 Å². The summed E-state index contributed by atoms with van der Waals surface area (Å²) in [6.45, 7) is 1.85. The van der Waals surface area contributed by atoms with Crippen LogP contribution in [-0.2, 0) is 23.9 Å². The Labute approximate surface area is 178 Å². The van der Waals surface area contributed by atoms with Crippen molar-refractivity contribution >= 4 is 34.7 Å². The van der Waals surface area contributed by atoms with Gasteiger partial charge in [0.05, 0.1) is 23.9 Å². The van der Waals surface area contributed by atoms with E-state index in [1.165, 1.54) is 18.9 Å². The predicted octanol–water partition coefficient (Wildman–Crippen LogP) is 1.39. The monoisotopic (exact) mass is 433 g/mol. The van der Waals surface area contributed by atoms with Crippen molar-refractivity contribution < 1.29 is 28.6 Å². The first-order chi connectivity index (χ1) is 14.4. The van der Waals surface area contributed by atoms with E-state index >= 15 is 0 Å². The number of rotatable bonds is 8. The molecule has 1 saturated heterocycles. The van der Waals surface area contributed by atoms with E-state index in [1.54, 1.807) is 36.1 Å². The Kier molecular flexibility index (Phi) is 7.11. The lowest BCUT2D eigenvalue weighted by Gasteiger charge is -2.38. The fourth-order valence-electron chi connectivity index (χ4n) is 3.17. The number of amides is 2. The molecule has 160 valence electrons. The van der Waals surface area contributed by atoms with E-state index in [0.29, 0.717) is 39.9 Å². The smallest absolute Gasteiger partial charge is 0.338 e. The van der Waals surface area contributed by atoms with Crippen molar-refractivity contribution in [1.29, 1.82) is 0 Å². The minimum atomic E-state index is -0.668. The van der Waals surface area contributed by atoms with Gasteiger partial charge in [0.1, 0.15) is 12.4 Å². The second kappa shape index (κ2) is 9.77. The summed E-state index contributed by atoms with van der Waals surface area (Å²) in [4.78, 5) is 42.6. The van der Waals surface area contributed by atoms with Gasteiger partial charge in [0.25, 0.3) is 5.91 Å². The molecular weight excluding hydrogens is 410 g/mol. The second-order valence-electron chi connectivity index (χ2n) is 6.61. The molecule has 0 spiro atoms. The molecule has 1 unspecified atom stereocenters. The minimum Gasteiger partial charge on any atom is -0.484 e. The highest BCUT2D eigenvalue weighted by atomic mass is 32.2. The molecule has 0 aromatic heterocycles. The van der Waals surface area contributed by atoms with Crippen LogP contribution in [0.15, 0.2) is 40.5 Å². The number of carbonyl (C=O) groups is 3. The number of allylic oxidation sites excluding steroid dienone is 1. The van der Waals surface area contributed by atoms with Crippen LogP contribution in [0, 0.1) is 0 Å². The maximum Gasteiger partial charge on any atom is 0.338 e. The molecule has 2 aliphatic heterocycles. The van der Waals surface area contributed by atoms with Crippen molar-refractivity contribution in [2.75, 3.05) is 32.7 Å². The Bertz CT molecular complexity index is 896. The quantitative estimate of drug-likeness (QED) is 0.486. The molecule has 2 N–H and O–H groups in total. The molecule has 0 bridgehead atoms. The average molecular weight is 433 g/mol. The first kappa shape index (κ1) is 21.8. The summed E-state index contributed by atoms with van der Waals surface area (Å²) in [7, 11) is 1.52. The first-order valence-corrected chi connectivity index (χ1v) is 10.3. The van der Waals surface area contributed by atoms with Crippen molar-refractivity contribution in [2.45, 2.75) is 19.4 Å². The number of benzene rings is 1. The Morgan fingerprint density at radius 3 is 2.67 bits per heavy atom. The first-order valence-electron chi connectivity index (χ1n) is 9.33. The molecule has 30 heavy (non-hydrogen) atoms. The standard InChI is InChI=1S/C20H23N3O6S/c1-12-17(19(26)28-9-8-27-2)18(23-16(25)7-10-30-20(23)22-12)13-3-5-14(6-4-13)29-11-15(21)24/h3-6,18H,7-11H2,1-2H3,(H2,21,24). The van der Waals surface area contributed by atoms with E-state index in [2.05, 4.69) is 4.99 Å². The van der Waals surface area contributed by atoms with Crippen LogP contribution in [0.25, 0.3) is 0 Å². The van der Waals surface area contributed by atoms with Gasteiger partial charge in [-0.2, -0.15) is 0 Å². The molecule has 0 saturated carbocycles. The molecule has 0 radical (unpaired) electrons. The van der Waals surface area contributed by atoms with Crippen LogP contribution in [0.2, 0.25) is 0 Å². The minimum absolute atomic E-state index is 0.0952. The number of ether oxygens (including phenoxy) is 3. The number of nitrogens with zero attached hydrogens (tertiary/aromatic N) is 2. The summed E-state index contributed by atoms with van der Waals surface area (Å²) < 4.78 is 15.6. The summed E-state index contributed by atoms with van der Waals surface area (Å²) >= 11 is 1.48. The highest BCUT2D eigenvalue weighted by Gasteiger charge is 2.41. The molecule has 2 aliphatic rings. The predicted molar refractivity (Wildman–Crippen MR) is 111 cm³/mol. The molecule has 1 atom stereocenters. The van der Waals surface area contributed by atoms with E-state index in [4.69, 9.17) is 19.9 Å². The summed E-state index contributed by atoms with van der Waals surface area (Å²) in [6, 6.07) is 6.14. The van der Waals surface area contributed by atoms with Crippen molar-refractivity contribution in [2.24, 2.45) is 10.7 Å². The van der Waals surface area contributed by atoms with E-state index in [1.807, 2.05) is 0 Å². The third-order valence-electron chi connectivity index (χ3n) is 4.52. The van der Waals surface area contributed by atoms with Crippen LogP contribution in [0.5, 0.6) is 5.75 Å². The zero-order valence-electron chi connectivity index (χ0n) is 16.8. The lowest BCUT2D eigenvalue weighted by Crippen LogP contribution is -2.45. The topological polar surface area (TPSA) is 121 Å². The van der Waals surface area contributed by atoms with Gasteiger partial charge in [-0.25, -0.2) is 9.79 Å². The van der Waals surface area contributed by atoms with Gasteiger partial charge in [0, 0.05) is 19.3 Å². The molecule has 1 aromatic carbocycles. The van der Waals surface area contributed by atoms with Crippen molar-refractivity contribution in [3.63, 3.8) is 0 Å². The zero-order valence-corrected chi connectivity index (χ0v) is 17.6. The fraction of sp³-hybridized carbons (Fsp3) is 0.400. The Balaban J connectivity index is 1.96. The van der Waals surface area contributed by atoms with Crippen LogP contribution in [0.3, 0.4) is 0 Å². The molecule has 10 heteroatoms. The Hall–Kier alpha value is -2.85. The van der Waals surface area contributed by atoms with Crippen molar-refractivity contribution in [3.8, 4) is 5.75 Å². The molecule has 2 amide bonds. The average Bonchev–Trinajstić information content (AvgIpc) is 2.72. The van der Waals surface area contributed by atoms with Gasteiger partial charge in [-0.15, -0.1) is 0 Å². The SMILES string of the molecule is COCCOC(=O)C1=C(C)N=C2SCCC(=O)N2C1c1ccc(OCC(N)=O)cc1. The number of fused-ring (bicyclic) bond motifs is 1. The third kappa shape index (κ3) is 4.82. The zero-order chi connectivity index (χ0) is 21.7. The van der Waals surface area contributed by atoms with Crippen LogP contribution in [0.4, 0.5) is 0 Å². The van der Waals surface area contributed by atoms with Crippen molar-refractivity contribution in [3.05, 3.63) is 41.1 Å². The second-order valence-corrected chi connectivity index (χ2v) is 7.67. The van der Waals surface area contributed by atoms with Gasteiger partial charge >= 0.3 is 5.97 Å². The summed E-state index contributed by atoms with van der Waals surface area (Å²) in [6.07, 6.45) is 0.352. The number of esters is 1. The lowest BCUT2D eigenvalue weighted by atomic mass is 9.94. The van der Waals surface area contributed by atoms with E-state index in [-0.39, 0.29) is 25.7 Å².